The first-order valence-corrected chi connectivity index (χ1v) is 27.3. The van der Waals surface area contributed by atoms with Crippen LogP contribution in [0.2, 0.25) is 0 Å². The molecular formula is C53H90O22. The molecule has 8 rings (SSSR count). The van der Waals surface area contributed by atoms with Crippen LogP contribution in [-0.2, 0) is 37.9 Å². The van der Waals surface area contributed by atoms with Crippen LogP contribution in [0.1, 0.15) is 113 Å². The number of allylic oxidation sites excluding steroid dienone is 2. The molecule has 0 aromatic carbocycles. The van der Waals surface area contributed by atoms with Crippen LogP contribution in [0.25, 0.3) is 0 Å². The van der Waals surface area contributed by atoms with Gasteiger partial charge in [-0.2, -0.15) is 0 Å². The number of ether oxygens (including phenoxy) is 8. The molecule has 22 heteroatoms. The number of fused-ring (bicyclic) bond motifs is 5. The molecule has 1 unspecified atom stereocenters. The first-order chi connectivity index (χ1) is 35.1. The first kappa shape index (κ1) is 60.0. The van der Waals surface area contributed by atoms with E-state index < -0.39 is 160 Å². The summed E-state index contributed by atoms with van der Waals surface area (Å²) in [5.41, 5.74) is -1.37. The van der Waals surface area contributed by atoms with E-state index in [0.29, 0.717) is 32.1 Å². The third kappa shape index (κ3) is 10.7. The van der Waals surface area contributed by atoms with Gasteiger partial charge >= 0.3 is 0 Å². The maximum atomic E-state index is 12.8. The fraction of sp³-hybridized carbons (Fsp3) is 0.962. The van der Waals surface area contributed by atoms with Crippen LogP contribution in [0.4, 0.5) is 0 Å². The minimum atomic E-state index is -1.74. The van der Waals surface area contributed by atoms with Gasteiger partial charge < -0.3 is 109 Å². The van der Waals surface area contributed by atoms with E-state index >= 15 is 0 Å². The van der Waals surface area contributed by atoms with Crippen molar-refractivity contribution in [2.45, 2.75) is 248 Å². The fourth-order valence-electron chi connectivity index (χ4n) is 15.9. The normalized spacial score (nSPS) is 52.7. The summed E-state index contributed by atoms with van der Waals surface area (Å²) in [4.78, 5) is 0. The number of hydrogen-bond acceptors (Lipinski definition) is 22. The Hall–Kier alpha value is -1.14. The van der Waals surface area contributed by atoms with Crippen molar-refractivity contribution >= 4 is 0 Å². The lowest BCUT2D eigenvalue weighted by Crippen LogP contribution is -2.67. The Labute approximate surface area is 439 Å². The molecular weight excluding hydrogens is 989 g/mol. The summed E-state index contributed by atoms with van der Waals surface area (Å²) in [7, 11) is 0. The zero-order valence-corrected chi connectivity index (χ0v) is 44.7. The van der Waals surface area contributed by atoms with Crippen molar-refractivity contribution in [1.29, 1.82) is 0 Å². The van der Waals surface area contributed by atoms with Crippen molar-refractivity contribution in [3.63, 3.8) is 0 Å². The van der Waals surface area contributed by atoms with Gasteiger partial charge in [-0.05, 0) is 124 Å². The van der Waals surface area contributed by atoms with Gasteiger partial charge in [-0.1, -0.05) is 46.3 Å². The van der Waals surface area contributed by atoms with Gasteiger partial charge in [0, 0.05) is 0 Å². The number of aliphatic hydroxyl groups is 14. The van der Waals surface area contributed by atoms with Crippen LogP contribution in [-0.4, -0.2) is 232 Å². The number of rotatable bonds is 15. The van der Waals surface area contributed by atoms with E-state index in [2.05, 4.69) is 40.7 Å². The molecule has 434 valence electrons. The van der Waals surface area contributed by atoms with Gasteiger partial charge in [0.2, 0.25) is 0 Å². The summed E-state index contributed by atoms with van der Waals surface area (Å²) in [6.45, 7) is 15.4. The summed E-state index contributed by atoms with van der Waals surface area (Å²) in [5.74, 6) is -0.331. The second kappa shape index (κ2) is 22.7. The van der Waals surface area contributed by atoms with Crippen LogP contribution in [0.15, 0.2) is 11.6 Å². The quantitative estimate of drug-likeness (QED) is 0.0651. The molecule has 22 nitrogen and oxygen atoms in total. The zero-order chi connectivity index (χ0) is 55.1. The third-order valence-corrected chi connectivity index (χ3v) is 20.5. The summed E-state index contributed by atoms with van der Waals surface area (Å²) >= 11 is 0. The van der Waals surface area contributed by atoms with Gasteiger partial charge in [-0.15, -0.1) is 0 Å². The van der Waals surface area contributed by atoms with Crippen LogP contribution in [0.3, 0.4) is 0 Å². The highest BCUT2D eigenvalue weighted by Crippen LogP contribution is 2.76. The minimum Gasteiger partial charge on any atom is -0.394 e. The van der Waals surface area contributed by atoms with Crippen molar-refractivity contribution < 1.29 is 109 Å². The van der Waals surface area contributed by atoms with Gasteiger partial charge in [0.15, 0.2) is 25.2 Å². The number of hydrogen-bond donors (Lipinski definition) is 14. The molecule has 0 spiro atoms. The summed E-state index contributed by atoms with van der Waals surface area (Å²) < 4.78 is 48.1. The molecule has 0 bridgehead atoms. The second-order valence-corrected chi connectivity index (χ2v) is 25.3. The highest BCUT2D eigenvalue weighted by atomic mass is 16.7. The molecule has 0 aromatic heterocycles. The van der Waals surface area contributed by atoms with Crippen molar-refractivity contribution in [2.24, 2.45) is 45.3 Å². The molecule has 4 saturated carbocycles. The predicted octanol–water partition coefficient (Wildman–Crippen LogP) is -1.56. The Balaban J connectivity index is 0.976. The molecule has 4 saturated heterocycles. The molecule has 14 N–H and O–H groups in total. The molecule has 4 aliphatic heterocycles. The van der Waals surface area contributed by atoms with Crippen molar-refractivity contribution in [1.82, 2.24) is 0 Å². The van der Waals surface area contributed by atoms with Gasteiger partial charge in [-0.25, -0.2) is 0 Å². The monoisotopic (exact) mass is 1080 g/mol. The van der Waals surface area contributed by atoms with E-state index in [9.17, 15) is 71.5 Å². The van der Waals surface area contributed by atoms with Crippen LogP contribution < -0.4 is 0 Å². The summed E-state index contributed by atoms with van der Waals surface area (Å²) in [6.07, 6.45) is -22.0. The van der Waals surface area contributed by atoms with Gasteiger partial charge in [0.1, 0.15) is 91.6 Å². The fourth-order valence-corrected chi connectivity index (χ4v) is 15.9. The minimum absolute atomic E-state index is 0.0772. The molecule has 29 atom stereocenters. The first-order valence-electron chi connectivity index (χ1n) is 27.3. The molecule has 0 aromatic rings. The summed E-state index contributed by atoms with van der Waals surface area (Å²) in [5, 5.41) is 151. The highest BCUT2D eigenvalue weighted by Gasteiger charge is 2.72. The Morgan fingerprint density at radius 2 is 1.11 bits per heavy atom. The van der Waals surface area contributed by atoms with E-state index in [1.54, 1.807) is 0 Å². The SMILES string of the molecule is CC(C)=CCC[C@](C)(O[C@@H]1O[C@H](CO[C@@H]2O[C@H](CO)[C@@H](O)[C@H](O)[C@H]2O)[C@@H](O)[C@H](O)[C@H]1O)[C@H]1CC[C@]2(C)[C@@H]1[C@H](O)C[C@@H]1[C@@]3(C)CC[C@H](O[C@@H]4O[C@H](CO[C@@H]5OC[C@@H](O)[C@H](O)[C@H]5O)[C@@H](O)[C@H](O)[C@H]4O)C(C)(C)C3CC[C@]12C. The van der Waals surface area contributed by atoms with Crippen LogP contribution in [0.5, 0.6) is 0 Å². The van der Waals surface area contributed by atoms with E-state index in [0.717, 1.165) is 31.3 Å². The third-order valence-electron chi connectivity index (χ3n) is 20.5. The summed E-state index contributed by atoms with van der Waals surface area (Å²) in [6, 6.07) is 0. The standard InChI is InChI=1S/C53H90O22/c1-23(2)10-9-14-53(8,75-48-44(67)40(63)37(60)29(73-48)22-70-46-42(65)38(61)35(58)27(19-54)71-46)24-11-16-52(7)33(24)25(55)18-31-50(5)15-13-32(49(3,4)30(50)12-17-51(31,52)6)74-47-43(66)39(62)36(59)28(72-47)21-69-45-41(64)34(57)26(56)20-68-45/h10,24-48,54-67H,9,11-22H2,1-8H3/t24-,25+,26+,27+,28+,29+,30?,31+,32-,33-,34-,35+,36+,37+,38-,39-,40-,41+,42+,43+,44+,45-,46+,47-,48-,50-,51+,52+,53-/m0/s1. The lowest BCUT2D eigenvalue weighted by molar-refractivity contribution is -0.350. The van der Waals surface area contributed by atoms with Gasteiger partial charge in [0.05, 0.1) is 44.2 Å². The molecule has 8 aliphatic rings. The highest BCUT2D eigenvalue weighted by molar-refractivity contribution is 5.20. The predicted molar refractivity (Wildman–Crippen MR) is 260 cm³/mol. The average Bonchev–Trinajstić information content (AvgIpc) is 3.75. The Morgan fingerprint density at radius 1 is 0.573 bits per heavy atom. The van der Waals surface area contributed by atoms with Gasteiger partial charge in [0.25, 0.3) is 0 Å². The molecule has 75 heavy (non-hydrogen) atoms. The van der Waals surface area contributed by atoms with Crippen LogP contribution >= 0.6 is 0 Å². The lowest BCUT2D eigenvalue weighted by atomic mass is 9.35. The topological polar surface area (TPSA) is 357 Å². The van der Waals surface area contributed by atoms with E-state index in [1.807, 2.05) is 20.8 Å². The van der Waals surface area contributed by atoms with Crippen molar-refractivity contribution in [3.05, 3.63) is 11.6 Å². The number of aliphatic hydroxyl groups excluding tert-OH is 14. The van der Waals surface area contributed by atoms with Crippen molar-refractivity contribution in [3.8, 4) is 0 Å². The molecule has 4 heterocycles. The smallest absolute Gasteiger partial charge is 0.187 e. The molecule has 8 fully saturated rings. The van der Waals surface area contributed by atoms with Gasteiger partial charge in [-0.3, -0.25) is 0 Å². The molecule has 4 aliphatic carbocycles. The zero-order valence-electron chi connectivity index (χ0n) is 44.7. The van der Waals surface area contributed by atoms with Crippen molar-refractivity contribution in [2.75, 3.05) is 26.4 Å². The second-order valence-electron chi connectivity index (χ2n) is 25.3. The molecule has 0 radical (unpaired) electrons. The Morgan fingerprint density at radius 3 is 1.72 bits per heavy atom. The van der Waals surface area contributed by atoms with E-state index in [1.165, 1.54) is 0 Å². The molecule has 0 amide bonds. The maximum Gasteiger partial charge on any atom is 0.187 e. The Bertz CT molecular complexity index is 1940. The van der Waals surface area contributed by atoms with E-state index in [4.69, 9.17) is 37.9 Å². The largest absolute Gasteiger partial charge is 0.394 e. The Kier molecular flexibility index (Phi) is 18.1. The maximum absolute atomic E-state index is 12.8. The van der Waals surface area contributed by atoms with E-state index in [-0.39, 0.29) is 46.5 Å². The van der Waals surface area contributed by atoms with Crippen LogP contribution in [0, 0.1) is 45.3 Å². The average molecular weight is 1080 g/mol. The lowest BCUT2D eigenvalue weighted by Gasteiger charge is -2.71.